The van der Waals surface area contributed by atoms with Crippen LogP contribution in [0.3, 0.4) is 0 Å². The fourth-order valence-corrected chi connectivity index (χ4v) is 5.07. The SMILES string of the molecule is C=C\C=C(/C=C/C=C/C=N/C=C(/CNC1CC(C)(O)C1)C(=O)NC=C)c1cccc(C=N/C(O)=C(\C=C)CNC[C@@H]2CCC(=O)N2)c1. The molecule has 47 heavy (non-hydrogen) atoms. The van der Waals surface area contributed by atoms with Crippen molar-refractivity contribution >= 4 is 29.8 Å². The van der Waals surface area contributed by atoms with Gasteiger partial charge in [0.15, 0.2) is 0 Å². The van der Waals surface area contributed by atoms with Crippen LogP contribution in [0, 0.1) is 0 Å². The molecular formula is C37H46N6O4. The Morgan fingerprint density at radius 2 is 1.98 bits per heavy atom. The van der Waals surface area contributed by atoms with E-state index in [1.165, 1.54) is 12.4 Å². The van der Waals surface area contributed by atoms with Crippen LogP contribution in [-0.2, 0) is 9.59 Å². The van der Waals surface area contributed by atoms with Gasteiger partial charge in [-0.15, -0.1) is 0 Å². The zero-order valence-corrected chi connectivity index (χ0v) is 27.0. The summed E-state index contributed by atoms with van der Waals surface area (Å²) in [5, 5.41) is 32.5. The minimum Gasteiger partial charge on any atom is -0.493 e. The van der Waals surface area contributed by atoms with Crippen LogP contribution in [0.15, 0.2) is 126 Å². The maximum Gasteiger partial charge on any atom is 0.253 e. The Bertz CT molecular complexity index is 1500. The Labute approximate surface area is 277 Å². The van der Waals surface area contributed by atoms with Gasteiger partial charge in [0.1, 0.15) is 0 Å². The van der Waals surface area contributed by atoms with Gasteiger partial charge in [0.25, 0.3) is 5.91 Å². The summed E-state index contributed by atoms with van der Waals surface area (Å²) in [7, 11) is 0. The summed E-state index contributed by atoms with van der Waals surface area (Å²) in [5.74, 6) is -0.355. The van der Waals surface area contributed by atoms with Crippen molar-refractivity contribution in [3.63, 3.8) is 0 Å². The molecule has 0 unspecified atom stereocenters. The number of carbonyl (C=O) groups is 2. The minimum atomic E-state index is -0.646. The van der Waals surface area contributed by atoms with Gasteiger partial charge in [-0.05, 0) is 61.2 Å². The lowest BCUT2D eigenvalue weighted by Crippen LogP contribution is -2.52. The molecule has 2 aliphatic rings. The molecule has 248 valence electrons. The van der Waals surface area contributed by atoms with E-state index in [9.17, 15) is 19.8 Å². The molecule has 1 aliphatic heterocycles. The van der Waals surface area contributed by atoms with Crippen LogP contribution in [0.1, 0.15) is 43.7 Å². The molecule has 10 heteroatoms. The maximum absolute atomic E-state index is 12.4. The van der Waals surface area contributed by atoms with Crippen LogP contribution >= 0.6 is 0 Å². The Balaban J connectivity index is 1.58. The molecule has 2 fully saturated rings. The van der Waals surface area contributed by atoms with Crippen molar-refractivity contribution in [3.05, 3.63) is 127 Å². The van der Waals surface area contributed by atoms with E-state index in [0.29, 0.717) is 50.0 Å². The highest BCUT2D eigenvalue weighted by Crippen LogP contribution is 2.31. The van der Waals surface area contributed by atoms with Gasteiger partial charge in [0.2, 0.25) is 11.8 Å². The van der Waals surface area contributed by atoms with Crippen LogP contribution in [0.2, 0.25) is 0 Å². The molecule has 0 bridgehead atoms. The molecule has 1 saturated heterocycles. The van der Waals surface area contributed by atoms with Crippen LogP contribution in [0.5, 0.6) is 0 Å². The van der Waals surface area contributed by atoms with Gasteiger partial charge in [-0.3, -0.25) is 14.6 Å². The predicted octanol–water partition coefficient (Wildman–Crippen LogP) is 4.33. The van der Waals surface area contributed by atoms with E-state index in [1.807, 2.05) is 48.6 Å². The highest BCUT2D eigenvalue weighted by Gasteiger charge is 2.38. The zero-order chi connectivity index (χ0) is 34.1. The average Bonchev–Trinajstić information content (AvgIpc) is 3.46. The fraction of sp³-hybridized carbons (Fsp3) is 0.297. The van der Waals surface area contributed by atoms with E-state index >= 15 is 0 Å². The summed E-state index contributed by atoms with van der Waals surface area (Å²) in [5.41, 5.74) is 3.00. The lowest BCUT2D eigenvalue weighted by atomic mass is 9.77. The van der Waals surface area contributed by atoms with Gasteiger partial charge in [-0.2, -0.15) is 0 Å². The first-order chi connectivity index (χ1) is 22.6. The average molecular weight is 639 g/mol. The van der Waals surface area contributed by atoms with E-state index in [2.05, 4.69) is 51.0 Å². The summed E-state index contributed by atoms with van der Waals surface area (Å²) in [6.07, 6.45) is 21.2. The molecule has 1 aromatic carbocycles. The lowest BCUT2D eigenvalue weighted by Gasteiger charge is -2.41. The van der Waals surface area contributed by atoms with Gasteiger partial charge in [-0.1, -0.05) is 74.4 Å². The Morgan fingerprint density at radius 3 is 2.66 bits per heavy atom. The van der Waals surface area contributed by atoms with Crippen LogP contribution in [-0.4, -0.2) is 71.8 Å². The number of nitrogens with zero attached hydrogens (tertiary/aromatic N) is 2. The van der Waals surface area contributed by atoms with Crippen LogP contribution < -0.4 is 21.3 Å². The number of hydrogen-bond donors (Lipinski definition) is 6. The topological polar surface area (TPSA) is 147 Å². The molecule has 0 spiro atoms. The third-order valence-corrected chi connectivity index (χ3v) is 7.56. The number of carbonyl (C=O) groups excluding carboxylic acids is 2. The molecule has 1 atom stereocenters. The molecule has 1 aromatic rings. The van der Waals surface area contributed by atoms with Crippen molar-refractivity contribution in [2.75, 3.05) is 19.6 Å². The lowest BCUT2D eigenvalue weighted by molar-refractivity contribution is -0.119. The second kappa shape index (κ2) is 18.9. The van der Waals surface area contributed by atoms with Crippen LogP contribution in [0.25, 0.3) is 5.57 Å². The molecule has 10 nitrogen and oxygen atoms in total. The van der Waals surface area contributed by atoms with E-state index in [1.54, 1.807) is 37.6 Å². The Kier molecular flexibility index (Phi) is 14.7. The molecule has 1 heterocycles. The zero-order valence-electron chi connectivity index (χ0n) is 27.0. The van der Waals surface area contributed by atoms with Gasteiger partial charge >= 0.3 is 0 Å². The van der Waals surface area contributed by atoms with Gasteiger partial charge in [0, 0.05) is 67.9 Å². The standard InChI is InChI=1S/C37H46N6O4/c1-5-12-29(14-9-8-10-18-38-24-31(36(46)40-7-3)25-41-33-20-37(4,47)21-33)30-15-11-13-27(19-30)22-42-35(45)28(6-2)23-39-26-32-16-17-34(44)43-32/h5-15,18-19,22,24,32-33,39,41,45,47H,1-3,16-17,20-21,23,25-26H2,4H3,(H,40,46)(H,43,44)/b10-8+,14-9+,29-12+,31-24-,35-28-,38-18+,42-22?/t32-,33?,37?/m0/s1. The Hall–Kier alpha value is -4.90. The number of rotatable bonds is 18. The largest absolute Gasteiger partial charge is 0.493 e. The molecule has 2 amide bonds. The van der Waals surface area contributed by atoms with Crippen molar-refractivity contribution < 1.29 is 19.8 Å². The maximum atomic E-state index is 12.4. The first kappa shape index (κ1) is 36.6. The number of benzene rings is 1. The monoisotopic (exact) mass is 638 g/mol. The Morgan fingerprint density at radius 1 is 1.17 bits per heavy atom. The van der Waals surface area contributed by atoms with Crippen molar-refractivity contribution in [1.82, 2.24) is 21.3 Å². The summed E-state index contributed by atoms with van der Waals surface area (Å²) in [4.78, 5) is 32.2. The smallest absolute Gasteiger partial charge is 0.253 e. The summed E-state index contributed by atoms with van der Waals surface area (Å²) in [6, 6.07) is 7.98. The molecule has 0 aromatic heterocycles. The van der Waals surface area contributed by atoms with E-state index in [4.69, 9.17) is 0 Å². The first-order valence-electron chi connectivity index (χ1n) is 15.6. The number of aliphatic hydroxyl groups is 2. The number of aliphatic hydroxyl groups excluding tert-OH is 1. The van der Waals surface area contributed by atoms with Gasteiger partial charge in [-0.25, -0.2) is 4.99 Å². The summed E-state index contributed by atoms with van der Waals surface area (Å²) < 4.78 is 0. The molecule has 6 N–H and O–H groups in total. The normalized spacial score (nSPS) is 22.5. The highest BCUT2D eigenvalue weighted by molar-refractivity contribution is 5.94. The molecule has 3 rings (SSSR count). The second-order valence-electron chi connectivity index (χ2n) is 11.6. The molecule has 1 saturated carbocycles. The first-order valence-corrected chi connectivity index (χ1v) is 15.6. The minimum absolute atomic E-state index is 0.0646. The highest BCUT2D eigenvalue weighted by atomic mass is 16.3. The van der Waals surface area contributed by atoms with E-state index in [0.717, 1.165) is 23.1 Å². The number of amides is 2. The van der Waals surface area contributed by atoms with Crippen LogP contribution in [0.4, 0.5) is 0 Å². The number of allylic oxidation sites excluding steroid dienone is 7. The molecular weight excluding hydrogens is 592 g/mol. The van der Waals surface area contributed by atoms with Crippen molar-refractivity contribution in [3.8, 4) is 0 Å². The predicted molar refractivity (Wildman–Crippen MR) is 191 cm³/mol. The number of aliphatic imine (C=N–C) groups is 2. The second-order valence-corrected chi connectivity index (χ2v) is 11.6. The third-order valence-electron chi connectivity index (χ3n) is 7.56. The van der Waals surface area contributed by atoms with E-state index in [-0.39, 0.29) is 29.8 Å². The fourth-order valence-electron chi connectivity index (χ4n) is 5.07. The molecule has 0 radical (unpaired) electrons. The van der Waals surface area contributed by atoms with Crippen molar-refractivity contribution in [2.45, 2.75) is 50.3 Å². The van der Waals surface area contributed by atoms with Crippen molar-refractivity contribution in [2.24, 2.45) is 9.98 Å². The molecule has 1 aliphatic carbocycles. The van der Waals surface area contributed by atoms with Crippen molar-refractivity contribution in [1.29, 1.82) is 0 Å². The number of nitrogens with one attached hydrogen (secondary N) is 4. The van der Waals surface area contributed by atoms with E-state index < -0.39 is 5.60 Å². The van der Waals surface area contributed by atoms with Gasteiger partial charge in [0.05, 0.1) is 5.60 Å². The third kappa shape index (κ3) is 12.8. The quantitative estimate of drug-likeness (QED) is 0.0611. The van der Waals surface area contributed by atoms with Gasteiger partial charge < -0.3 is 31.5 Å². The summed E-state index contributed by atoms with van der Waals surface area (Å²) in [6.45, 7) is 14.3. The number of hydrogen-bond acceptors (Lipinski definition) is 8. The summed E-state index contributed by atoms with van der Waals surface area (Å²) >= 11 is 0.